The number of fused-ring (bicyclic) bond motifs is 1. The summed E-state index contributed by atoms with van der Waals surface area (Å²) in [5.41, 5.74) is 1.91. The van der Waals surface area contributed by atoms with Crippen LogP contribution in [0.4, 0.5) is 0 Å². The molecular formula is C19H23N3O2S. The first-order chi connectivity index (χ1) is 11.8. The van der Waals surface area contributed by atoms with Crippen LogP contribution in [0, 0.1) is 0 Å². The van der Waals surface area contributed by atoms with Gasteiger partial charge >= 0.3 is 0 Å². The maximum Gasteiger partial charge on any atom is 0.251 e. The van der Waals surface area contributed by atoms with E-state index >= 15 is 0 Å². The molecule has 1 unspecified atom stereocenters. The van der Waals surface area contributed by atoms with Gasteiger partial charge in [-0.25, -0.2) is 4.98 Å². The second kappa shape index (κ2) is 6.98. The minimum atomic E-state index is -0.677. The van der Waals surface area contributed by atoms with Crippen molar-refractivity contribution >= 4 is 22.2 Å². The number of nitrogens with zero attached hydrogens (tertiary/aromatic N) is 2. The predicted molar refractivity (Wildman–Crippen MR) is 100 cm³/mol. The Morgan fingerprint density at radius 1 is 1.36 bits per heavy atom. The molecule has 0 aliphatic heterocycles. The van der Waals surface area contributed by atoms with Gasteiger partial charge in [0.25, 0.3) is 5.91 Å². The number of nitrogens with one attached hydrogen (secondary N) is 1. The van der Waals surface area contributed by atoms with Crippen molar-refractivity contribution in [1.29, 1.82) is 0 Å². The molecule has 1 atom stereocenters. The summed E-state index contributed by atoms with van der Waals surface area (Å²) in [6.45, 7) is 5.54. The van der Waals surface area contributed by atoms with Crippen molar-refractivity contribution in [1.82, 2.24) is 14.7 Å². The van der Waals surface area contributed by atoms with Crippen molar-refractivity contribution in [2.45, 2.75) is 45.3 Å². The van der Waals surface area contributed by atoms with Gasteiger partial charge in [0.1, 0.15) is 0 Å². The van der Waals surface area contributed by atoms with Gasteiger partial charge in [-0.1, -0.05) is 12.1 Å². The van der Waals surface area contributed by atoms with Crippen molar-refractivity contribution in [3.63, 3.8) is 0 Å². The molecular weight excluding hydrogens is 334 g/mol. The van der Waals surface area contributed by atoms with Crippen molar-refractivity contribution < 1.29 is 9.90 Å². The number of imidazole rings is 1. The zero-order chi connectivity index (χ0) is 18.0. The third kappa shape index (κ3) is 4.46. The minimum Gasteiger partial charge on any atom is -0.390 e. The van der Waals surface area contributed by atoms with Gasteiger partial charge in [0.05, 0.1) is 17.3 Å². The van der Waals surface area contributed by atoms with Crippen LogP contribution in [0.15, 0.2) is 42.0 Å². The van der Waals surface area contributed by atoms with E-state index in [0.717, 1.165) is 22.6 Å². The Hall–Kier alpha value is -2.18. The van der Waals surface area contributed by atoms with Crippen LogP contribution in [0.1, 0.15) is 54.8 Å². The fourth-order valence-electron chi connectivity index (χ4n) is 2.58. The summed E-state index contributed by atoms with van der Waals surface area (Å²) in [4.78, 5) is 17.9. The molecule has 0 radical (unpaired) electrons. The zero-order valence-corrected chi connectivity index (χ0v) is 15.5. The van der Waals surface area contributed by atoms with Crippen LogP contribution in [0.3, 0.4) is 0 Å². The Kier molecular flexibility index (Phi) is 4.92. The Morgan fingerprint density at radius 3 is 2.72 bits per heavy atom. The zero-order valence-electron chi connectivity index (χ0n) is 14.7. The molecule has 0 aliphatic rings. The summed E-state index contributed by atoms with van der Waals surface area (Å²) in [6.07, 6.45) is 5.37. The maximum atomic E-state index is 12.4. The maximum absolute atomic E-state index is 12.4. The second-order valence-corrected chi connectivity index (χ2v) is 7.84. The van der Waals surface area contributed by atoms with E-state index in [1.54, 1.807) is 25.2 Å². The molecule has 132 valence electrons. The topological polar surface area (TPSA) is 66.6 Å². The molecule has 0 aliphatic carbocycles. The molecule has 0 saturated heterocycles. The first-order valence-electron chi connectivity index (χ1n) is 8.36. The molecule has 3 aromatic rings. The Balaban J connectivity index is 1.61. The first kappa shape index (κ1) is 17.6. The second-order valence-electron chi connectivity index (χ2n) is 6.96. The normalized spacial score (nSPS) is 13.1. The van der Waals surface area contributed by atoms with Crippen LogP contribution < -0.4 is 5.32 Å². The number of aromatic nitrogens is 2. The molecule has 0 spiro atoms. The van der Waals surface area contributed by atoms with E-state index in [2.05, 4.69) is 10.3 Å². The largest absolute Gasteiger partial charge is 0.390 e. The number of hydrogen-bond donors (Lipinski definition) is 2. The van der Waals surface area contributed by atoms with E-state index in [4.69, 9.17) is 0 Å². The molecule has 3 rings (SSSR count). The molecule has 0 saturated carbocycles. The van der Waals surface area contributed by atoms with E-state index in [-0.39, 0.29) is 11.9 Å². The lowest BCUT2D eigenvalue weighted by atomic mass is 9.98. The average Bonchev–Trinajstić information content (AvgIpc) is 3.14. The van der Waals surface area contributed by atoms with Gasteiger partial charge in [0.2, 0.25) is 0 Å². The highest BCUT2D eigenvalue weighted by molar-refractivity contribution is 7.15. The van der Waals surface area contributed by atoms with Gasteiger partial charge in [-0.05, 0) is 51.3 Å². The number of carbonyl (C=O) groups excluding carboxylic acids is 1. The number of hydrogen-bond acceptors (Lipinski definition) is 4. The molecule has 25 heavy (non-hydrogen) atoms. The summed E-state index contributed by atoms with van der Waals surface area (Å²) in [6, 6.07) is 7.38. The van der Waals surface area contributed by atoms with Gasteiger partial charge < -0.3 is 10.4 Å². The van der Waals surface area contributed by atoms with E-state index < -0.39 is 5.60 Å². The van der Waals surface area contributed by atoms with Crippen molar-refractivity contribution in [3.8, 4) is 0 Å². The number of rotatable bonds is 6. The Bertz CT molecular complexity index is 830. The number of benzene rings is 1. The number of aliphatic hydroxyl groups is 1. The molecule has 6 heteroatoms. The monoisotopic (exact) mass is 357 g/mol. The molecule has 1 aromatic carbocycles. The van der Waals surface area contributed by atoms with Crippen LogP contribution in [-0.4, -0.2) is 26.0 Å². The number of amides is 1. The SMILES string of the molecule is CC(NC(=O)c1ccc(CCC(C)(C)O)cc1)c1cn2ccsc2n1. The molecule has 5 nitrogen and oxygen atoms in total. The number of thiazole rings is 1. The van der Waals surface area contributed by atoms with E-state index in [0.29, 0.717) is 12.0 Å². The van der Waals surface area contributed by atoms with E-state index in [1.165, 1.54) is 0 Å². The van der Waals surface area contributed by atoms with Gasteiger partial charge in [0, 0.05) is 23.3 Å². The smallest absolute Gasteiger partial charge is 0.251 e. The van der Waals surface area contributed by atoms with Gasteiger partial charge in [0.15, 0.2) is 4.96 Å². The highest BCUT2D eigenvalue weighted by Gasteiger charge is 2.15. The highest BCUT2D eigenvalue weighted by Crippen LogP contribution is 2.18. The summed E-state index contributed by atoms with van der Waals surface area (Å²) in [5, 5.41) is 14.8. The number of aryl methyl sites for hydroxylation is 1. The molecule has 1 amide bonds. The quantitative estimate of drug-likeness (QED) is 0.708. The Labute approximate surface area is 151 Å². The van der Waals surface area contributed by atoms with Crippen LogP contribution in [0.5, 0.6) is 0 Å². The third-order valence-electron chi connectivity index (χ3n) is 4.14. The summed E-state index contributed by atoms with van der Waals surface area (Å²) >= 11 is 1.57. The fourth-order valence-corrected chi connectivity index (χ4v) is 3.29. The molecule has 2 heterocycles. The standard InChI is InChI=1S/C19H23N3O2S/c1-13(16-12-22-10-11-25-18(22)21-16)20-17(23)15-6-4-14(5-7-15)8-9-19(2,3)24/h4-7,10-13,24H,8-9H2,1-3H3,(H,20,23). The van der Waals surface area contributed by atoms with Gasteiger partial charge in [-0.3, -0.25) is 9.20 Å². The highest BCUT2D eigenvalue weighted by atomic mass is 32.1. The predicted octanol–water partition coefficient (Wildman–Crippen LogP) is 3.59. The van der Waals surface area contributed by atoms with Crippen LogP contribution >= 0.6 is 11.3 Å². The summed E-state index contributed by atoms with van der Waals surface area (Å²) in [7, 11) is 0. The minimum absolute atomic E-state index is 0.113. The van der Waals surface area contributed by atoms with Crippen LogP contribution in [0.2, 0.25) is 0 Å². The average molecular weight is 357 g/mol. The lowest BCUT2D eigenvalue weighted by Gasteiger charge is -2.16. The van der Waals surface area contributed by atoms with Crippen molar-refractivity contribution in [3.05, 3.63) is 58.9 Å². The lowest BCUT2D eigenvalue weighted by molar-refractivity contribution is 0.0713. The molecule has 0 fully saturated rings. The van der Waals surface area contributed by atoms with Crippen LogP contribution in [-0.2, 0) is 6.42 Å². The summed E-state index contributed by atoms with van der Waals surface area (Å²) in [5.74, 6) is -0.113. The third-order valence-corrected chi connectivity index (χ3v) is 4.92. The molecule has 2 aromatic heterocycles. The lowest BCUT2D eigenvalue weighted by Crippen LogP contribution is -2.26. The molecule has 0 bridgehead atoms. The molecule has 2 N–H and O–H groups in total. The van der Waals surface area contributed by atoms with Crippen molar-refractivity contribution in [2.24, 2.45) is 0 Å². The van der Waals surface area contributed by atoms with Crippen LogP contribution in [0.25, 0.3) is 4.96 Å². The van der Waals surface area contributed by atoms with Crippen molar-refractivity contribution in [2.75, 3.05) is 0 Å². The Morgan fingerprint density at radius 2 is 2.08 bits per heavy atom. The van der Waals surface area contributed by atoms with E-state index in [1.807, 2.05) is 53.4 Å². The summed E-state index contributed by atoms with van der Waals surface area (Å²) < 4.78 is 1.96. The fraction of sp³-hybridized carbons (Fsp3) is 0.368. The first-order valence-corrected chi connectivity index (χ1v) is 9.24. The van der Waals surface area contributed by atoms with Gasteiger partial charge in [-0.2, -0.15) is 0 Å². The van der Waals surface area contributed by atoms with Gasteiger partial charge in [-0.15, -0.1) is 11.3 Å². The van der Waals surface area contributed by atoms with E-state index in [9.17, 15) is 9.90 Å². The number of carbonyl (C=O) groups is 1.